The fourth-order valence-corrected chi connectivity index (χ4v) is 2.20. The molecule has 0 bridgehead atoms. The van der Waals surface area contributed by atoms with Gasteiger partial charge in [-0.3, -0.25) is 0 Å². The van der Waals surface area contributed by atoms with Crippen molar-refractivity contribution in [3.63, 3.8) is 0 Å². The minimum absolute atomic E-state index is 0.366. The van der Waals surface area contributed by atoms with E-state index in [0.29, 0.717) is 6.04 Å². The van der Waals surface area contributed by atoms with Gasteiger partial charge in [0.25, 0.3) is 0 Å². The van der Waals surface area contributed by atoms with Gasteiger partial charge in [-0.2, -0.15) is 0 Å². The van der Waals surface area contributed by atoms with Crippen LogP contribution < -0.4 is 11.5 Å². The van der Waals surface area contributed by atoms with E-state index in [-0.39, 0.29) is 0 Å². The Morgan fingerprint density at radius 1 is 0.762 bits per heavy atom. The lowest BCUT2D eigenvalue weighted by molar-refractivity contribution is 0.294. The molecule has 21 heavy (non-hydrogen) atoms. The fourth-order valence-electron chi connectivity index (χ4n) is 2.20. The molecule has 0 aromatic carbocycles. The second-order valence-corrected chi connectivity index (χ2v) is 5.67. The summed E-state index contributed by atoms with van der Waals surface area (Å²) >= 11 is 0. The van der Waals surface area contributed by atoms with Crippen LogP contribution in [0, 0.1) is 0 Å². The molecule has 0 aromatic rings. The van der Waals surface area contributed by atoms with E-state index in [1.165, 1.54) is 39.0 Å². The van der Waals surface area contributed by atoms with Gasteiger partial charge in [-0.25, -0.2) is 0 Å². The number of hydrogen-bond acceptors (Lipinski definition) is 4. The van der Waals surface area contributed by atoms with Crippen molar-refractivity contribution in [2.24, 2.45) is 11.5 Å². The highest BCUT2D eigenvalue weighted by Crippen LogP contribution is 1.96. The van der Waals surface area contributed by atoms with E-state index in [9.17, 15) is 0 Å². The molecule has 4 N–H and O–H groups in total. The number of nitrogens with two attached hydrogens (primary N) is 2. The lowest BCUT2D eigenvalue weighted by Crippen LogP contribution is -2.25. The average molecular weight is 303 g/mol. The van der Waals surface area contributed by atoms with Crippen LogP contribution in [0.4, 0.5) is 0 Å². The molecule has 0 aliphatic rings. The van der Waals surface area contributed by atoms with Gasteiger partial charge in [0.2, 0.25) is 0 Å². The molecular weight excluding hydrogens is 260 g/mol. The maximum absolute atomic E-state index is 5.64. The molecule has 0 aliphatic heterocycles. The molecule has 0 heterocycles. The van der Waals surface area contributed by atoms with E-state index in [1.807, 2.05) is 0 Å². The number of unbranched alkanes of at least 4 members (excludes halogenated alkanes) is 1. The van der Waals surface area contributed by atoms with Crippen molar-refractivity contribution in [2.45, 2.75) is 66.3 Å². The van der Waals surface area contributed by atoms with Crippen LogP contribution in [-0.4, -0.2) is 61.7 Å². The van der Waals surface area contributed by atoms with Crippen LogP contribution in [-0.2, 0) is 0 Å². The molecule has 1 atom stereocenters. The van der Waals surface area contributed by atoms with Crippen molar-refractivity contribution < 1.29 is 0 Å². The Labute approximate surface area is 134 Å². The standard InChI is InChI=1S/C9H22N2.C8H20N2/c1-4-11(5-2)8-6-7-9(3)10;1-3-10(4-2)8-6-5-7-9/h9H,4-8,10H2,1-3H3;3-9H2,1-2H3. The second kappa shape index (κ2) is 17.9. The molecular formula is C17H42N4. The summed E-state index contributed by atoms with van der Waals surface area (Å²) in [6.07, 6.45) is 4.80. The van der Waals surface area contributed by atoms with Crippen molar-refractivity contribution >= 4 is 0 Å². The Morgan fingerprint density at radius 3 is 1.52 bits per heavy atom. The summed E-state index contributed by atoms with van der Waals surface area (Å²) in [4.78, 5) is 4.86. The van der Waals surface area contributed by atoms with Crippen LogP contribution in [0.25, 0.3) is 0 Å². The third-order valence-electron chi connectivity index (χ3n) is 3.85. The molecule has 0 aromatic heterocycles. The first-order chi connectivity index (χ1) is 10.0. The molecule has 0 rings (SSSR count). The SMILES string of the molecule is CCN(CC)CCCC(C)N.CCN(CC)CCCCN. The van der Waals surface area contributed by atoms with E-state index >= 15 is 0 Å². The largest absolute Gasteiger partial charge is 0.330 e. The lowest BCUT2D eigenvalue weighted by atomic mass is 10.2. The van der Waals surface area contributed by atoms with Gasteiger partial charge < -0.3 is 21.3 Å². The van der Waals surface area contributed by atoms with Gasteiger partial charge in [-0.05, 0) is 78.4 Å². The van der Waals surface area contributed by atoms with Gasteiger partial charge in [-0.15, -0.1) is 0 Å². The third kappa shape index (κ3) is 17.8. The molecule has 0 radical (unpaired) electrons. The van der Waals surface area contributed by atoms with E-state index in [0.717, 1.165) is 32.5 Å². The van der Waals surface area contributed by atoms with Crippen molar-refractivity contribution in [2.75, 3.05) is 45.8 Å². The van der Waals surface area contributed by atoms with Crippen LogP contribution in [0.5, 0.6) is 0 Å². The van der Waals surface area contributed by atoms with Crippen LogP contribution in [0.15, 0.2) is 0 Å². The quantitative estimate of drug-likeness (QED) is 0.544. The second-order valence-electron chi connectivity index (χ2n) is 5.67. The van der Waals surface area contributed by atoms with Crippen molar-refractivity contribution in [3.05, 3.63) is 0 Å². The maximum Gasteiger partial charge on any atom is 0.00109 e. The molecule has 130 valence electrons. The maximum atomic E-state index is 5.64. The van der Waals surface area contributed by atoms with Gasteiger partial charge >= 0.3 is 0 Å². The summed E-state index contributed by atoms with van der Waals surface area (Å²) < 4.78 is 0. The summed E-state index contributed by atoms with van der Waals surface area (Å²) in [6, 6.07) is 0.366. The van der Waals surface area contributed by atoms with E-state index in [4.69, 9.17) is 11.5 Å². The van der Waals surface area contributed by atoms with Crippen LogP contribution in [0.2, 0.25) is 0 Å². The first kappa shape index (κ1) is 23.1. The first-order valence-corrected chi connectivity index (χ1v) is 8.95. The Bertz CT molecular complexity index is 178. The zero-order valence-corrected chi connectivity index (χ0v) is 15.4. The highest BCUT2D eigenvalue weighted by atomic mass is 15.1. The molecule has 4 heteroatoms. The van der Waals surface area contributed by atoms with Crippen LogP contribution in [0.3, 0.4) is 0 Å². The molecule has 1 unspecified atom stereocenters. The number of nitrogens with zero attached hydrogens (tertiary/aromatic N) is 2. The van der Waals surface area contributed by atoms with Gasteiger partial charge in [0.15, 0.2) is 0 Å². The predicted molar refractivity (Wildman–Crippen MR) is 96.7 cm³/mol. The van der Waals surface area contributed by atoms with E-state index in [2.05, 4.69) is 44.4 Å². The summed E-state index contributed by atoms with van der Waals surface area (Å²) in [7, 11) is 0. The third-order valence-corrected chi connectivity index (χ3v) is 3.85. The van der Waals surface area contributed by atoms with Crippen molar-refractivity contribution in [1.82, 2.24) is 9.80 Å². The molecule has 0 amide bonds. The average Bonchev–Trinajstić information content (AvgIpc) is 2.49. The van der Waals surface area contributed by atoms with E-state index in [1.54, 1.807) is 0 Å². The number of hydrogen-bond donors (Lipinski definition) is 2. The van der Waals surface area contributed by atoms with Gasteiger partial charge in [0, 0.05) is 6.04 Å². The molecule has 0 saturated heterocycles. The van der Waals surface area contributed by atoms with Gasteiger partial charge in [0.1, 0.15) is 0 Å². The van der Waals surface area contributed by atoms with Crippen molar-refractivity contribution in [1.29, 1.82) is 0 Å². The van der Waals surface area contributed by atoms with Gasteiger partial charge in [-0.1, -0.05) is 27.7 Å². The molecule has 4 nitrogen and oxygen atoms in total. The van der Waals surface area contributed by atoms with Crippen LogP contribution in [0.1, 0.15) is 60.3 Å². The Morgan fingerprint density at radius 2 is 1.19 bits per heavy atom. The lowest BCUT2D eigenvalue weighted by Gasteiger charge is -2.17. The Kier molecular flexibility index (Phi) is 19.7. The zero-order chi connectivity index (χ0) is 16.5. The molecule has 0 saturated carbocycles. The molecule has 0 spiro atoms. The highest BCUT2D eigenvalue weighted by molar-refractivity contribution is 4.57. The number of rotatable bonds is 12. The minimum atomic E-state index is 0.366. The van der Waals surface area contributed by atoms with E-state index < -0.39 is 0 Å². The summed E-state index contributed by atoms with van der Waals surface area (Å²) in [6.45, 7) is 18.8. The summed E-state index contributed by atoms with van der Waals surface area (Å²) in [5.41, 5.74) is 11.0. The van der Waals surface area contributed by atoms with Crippen LogP contribution >= 0.6 is 0 Å². The topological polar surface area (TPSA) is 58.5 Å². The van der Waals surface area contributed by atoms with Crippen molar-refractivity contribution in [3.8, 4) is 0 Å². The Hall–Kier alpha value is -0.160. The smallest absolute Gasteiger partial charge is 0.00109 e. The summed E-state index contributed by atoms with van der Waals surface area (Å²) in [5, 5.41) is 0. The normalized spacial score (nSPS) is 12.4. The predicted octanol–water partition coefficient (Wildman–Crippen LogP) is 2.52. The minimum Gasteiger partial charge on any atom is -0.330 e. The molecule has 0 fully saturated rings. The Balaban J connectivity index is 0. The fraction of sp³-hybridized carbons (Fsp3) is 1.00. The molecule has 0 aliphatic carbocycles. The highest BCUT2D eigenvalue weighted by Gasteiger charge is 1.99. The monoisotopic (exact) mass is 302 g/mol. The first-order valence-electron chi connectivity index (χ1n) is 8.95. The van der Waals surface area contributed by atoms with Gasteiger partial charge in [0.05, 0.1) is 0 Å². The summed E-state index contributed by atoms with van der Waals surface area (Å²) in [5.74, 6) is 0. The zero-order valence-electron chi connectivity index (χ0n) is 15.4.